The normalized spacial score (nSPS) is 12.9. The lowest BCUT2D eigenvalue weighted by atomic mass is 10.1. The van der Waals surface area contributed by atoms with E-state index in [-0.39, 0.29) is 18.3 Å². The molecule has 0 radical (unpaired) electrons. The summed E-state index contributed by atoms with van der Waals surface area (Å²) in [6.45, 7) is 1.96. The number of anilines is 1. The number of amidine groups is 1. The molecule has 0 aliphatic heterocycles. The van der Waals surface area contributed by atoms with Crippen molar-refractivity contribution in [2.45, 2.75) is 6.92 Å². The Bertz CT molecular complexity index is 494. The second kappa shape index (κ2) is 7.06. The van der Waals surface area contributed by atoms with E-state index in [1.165, 1.54) is 6.07 Å². The molecule has 1 aromatic carbocycles. The average molecular weight is 305 g/mol. The maximum Gasteiger partial charge on any atom is 0.319 e. The SMILES string of the molecule is CC(CNC(=O)Nc1ccc(Cl)c(Cl)c1)C(N)=NO. The molecule has 1 unspecified atom stereocenters. The van der Waals surface area contributed by atoms with E-state index >= 15 is 0 Å². The number of carbonyl (C=O) groups is 1. The molecule has 2 amide bonds. The second-order valence-corrected chi connectivity index (χ2v) is 4.70. The van der Waals surface area contributed by atoms with Crippen LogP contribution in [0.4, 0.5) is 10.5 Å². The van der Waals surface area contributed by atoms with Crippen LogP contribution in [-0.2, 0) is 0 Å². The summed E-state index contributed by atoms with van der Waals surface area (Å²) in [4.78, 5) is 11.6. The van der Waals surface area contributed by atoms with Crippen molar-refractivity contribution in [1.29, 1.82) is 0 Å². The Hall–Kier alpha value is -1.66. The van der Waals surface area contributed by atoms with E-state index in [9.17, 15) is 4.79 Å². The molecule has 0 heterocycles. The maximum atomic E-state index is 11.6. The van der Waals surface area contributed by atoms with Crippen LogP contribution < -0.4 is 16.4 Å². The number of urea groups is 1. The Labute approximate surface area is 120 Å². The molecule has 0 spiro atoms. The zero-order valence-electron chi connectivity index (χ0n) is 10.2. The van der Waals surface area contributed by atoms with Crippen LogP contribution in [0.25, 0.3) is 0 Å². The smallest absolute Gasteiger partial charge is 0.319 e. The van der Waals surface area contributed by atoms with Crippen LogP contribution in [0, 0.1) is 5.92 Å². The van der Waals surface area contributed by atoms with Crippen molar-refractivity contribution in [2.24, 2.45) is 16.8 Å². The number of benzene rings is 1. The van der Waals surface area contributed by atoms with Crippen LogP contribution in [0.5, 0.6) is 0 Å². The number of hydrogen-bond donors (Lipinski definition) is 4. The summed E-state index contributed by atoms with van der Waals surface area (Å²) in [6, 6.07) is 4.33. The van der Waals surface area contributed by atoms with Gasteiger partial charge in [0.05, 0.1) is 10.0 Å². The monoisotopic (exact) mass is 304 g/mol. The molecule has 0 aliphatic carbocycles. The van der Waals surface area contributed by atoms with Gasteiger partial charge in [-0.2, -0.15) is 0 Å². The van der Waals surface area contributed by atoms with Gasteiger partial charge < -0.3 is 21.6 Å². The molecule has 0 fully saturated rings. The first kappa shape index (κ1) is 15.4. The Morgan fingerprint density at radius 1 is 1.47 bits per heavy atom. The van der Waals surface area contributed by atoms with Crippen LogP contribution in [0.15, 0.2) is 23.4 Å². The summed E-state index contributed by atoms with van der Waals surface area (Å²) in [5, 5.41) is 17.3. The summed E-state index contributed by atoms with van der Waals surface area (Å²) < 4.78 is 0. The number of carbonyl (C=O) groups excluding carboxylic acids is 1. The van der Waals surface area contributed by atoms with Crippen molar-refractivity contribution >= 4 is 40.8 Å². The van der Waals surface area contributed by atoms with Crippen molar-refractivity contribution < 1.29 is 10.0 Å². The van der Waals surface area contributed by atoms with Crippen LogP contribution in [0.1, 0.15) is 6.92 Å². The van der Waals surface area contributed by atoms with Crippen LogP contribution in [0.2, 0.25) is 10.0 Å². The van der Waals surface area contributed by atoms with Gasteiger partial charge >= 0.3 is 6.03 Å². The Morgan fingerprint density at radius 2 is 2.16 bits per heavy atom. The van der Waals surface area contributed by atoms with Gasteiger partial charge in [0.25, 0.3) is 0 Å². The minimum Gasteiger partial charge on any atom is -0.409 e. The predicted octanol–water partition coefficient (Wildman–Crippen LogP) is 2.50. The molecule has 0 bridgehead atoms. The number of nitrogens with two attached hydrogens (primary N) is 1. The summed E-state index contributed by atoms with van der Waals surface area (Å²) in [5.74, 6) is -0.223. The van der Waals surface area contributed by atoms with E-state index in [2.05, 4.69) is 15.8 Å². The van der Waals surface area contributed by atoms with E-state index in [0.717, 1.165) is 0 Å². The Morgan fingerprint density at radius 3 is 2.74 bits per heavy atom. The van der Waals surface area contributed by atoms with Crippen molar-refractivity contribution in [3.8, 4) is 0 Å². The fourth-order valence-electron chi connectivity index (χ4n) is 1.20. The number of nitrogens with one attached hydrogen (secondary N) is 2. The highest BCUT2D eigenvalue weighted by molar-refractivity contribution is 6.42. The molecule has 1 aromatic rings. The summed E-state index contributed by atoms with van der Waals surface area (Å²) in [7, 11) is 0. The summed E-state index contributed by atoms with van der Waals surface area (Å²) >= 11 is 11.6. The first-order valence-electron chi connectivity index (χ1n) is 5.41. The summed E-state index contributed by atoms with van der Waals surface area (Å²) in [6.07, 6.45) is 0. The standard InChI is InChI=1S/C11H14Cl2N4O2/c1-6(10(14)17-19)5-15-11(18)16-7-2-3-8(12)9(13)4-7/h2-4,6,19H,5H2,1H3,(H2,14,17)(H2,15,16,18). The molecule has 1 atom stereocenters. The molecule has 0 aliphatic rings. The minimum atomic E-state index is -0.420. The maximum absolute atomic E-state index is 11.6. The van der Waals surface area contributed by atoms with Gasteiger partial charge in [0, 0.05) is 18.2 Å². The quantitative estimate of drug-likeness (QED) is 0.297. The van der Waals surface area contributed by atoms with E-state index in [1.54, 1.807) is 19.1 Å². The van der Waals surface area contributed by atoms with E-state index in [1.807, 2.05) is 0 Å². The van der Waals surface area contributed by atoms with Gasteiger partial charge in [0.2, 0.25) is 0 Å². The van der Waals surface area contributed by atoms with Crippen molar-refractivity contribution in [2.75, 3.05) is 11.9 Å². The third-order valence-electron chi connectivity index (χ3n) is 2.37. The molecular formula is C11H14Cl2N4O2. The fraction of sp³-hybridized carbons (Fsp3) is 0.273. The van der Waals surface area contributed by atoms with E-state index in [0.29, 0.717) is 15.7 Å². The molecule has 6 nitrogen and oxygen atoms in total. The van der Waals surface area contributed by atoms with Gasteiger partial charge in [0.1, 0.15) is 5.84 Å². The molecule has 0 saturated carbocycles. The van der Waals surface area contributed by atoms with Gasteiger partial charge in [-0.3, -0.25) is 0 Å². The molecule has 19 heavy (non-hydrogen) atoms. The van der Waals surface area contributed by atoms with E-state index < -0.39 is 6.03 Å². The van der Waals surface area contributed by atoms with Crippen molar-refractivity contribution in [1.82, 2.24) is 5.32 Å². The van der Waals surface area contributed by atoms with Crippen LogP contribution in [-0.4, -0.2) is 23.6 Å². The molecule has 5 N–H and O–H groups in total. The van der Waals surface area contributed by atoms with Gasteiger partial charge in [-0.05, 0) is 18.2 Å². The molecular weight excluding hydrogens is 291 g/mol. The first-order chi connectivity index (χ1) is 8.93. The third-order valence-corrected chi connectivity index (χ3v) is 3.11. The topological polar surface area (TPSA) is 99.7 Å². The zero-order valence-corrected chi connectivity index (χ0v) is 11.7. The number of amides is 2. The molecule has 104 valence electrons. The number of halogens is 2. The van der Waals surface area contributed by atoms with Gasteiger partial charge in [-0.15, -0.1) is 0 Å². The van der Waals surface area contributed by atoms with Crippen LogP contribution in [0.3, 0.4) is 0 Å². The lowest BCUT2D eigenvalue weighted by molar-refractivity contribution is 0.251. The number of oxime groups is 1. The molecule has 8 heteroatoms. The zero-order chi connectivity index (χ0) is 14.4. The van der Waals surface area contributed by atoms with Gasteiger partial charge in [-0.25, -0.2) is 4.79 Å². The Kier molecular flexibility index (Phi) is 5.72. The van der Waals surface area contributed by atoms with Crippen molar-refractivity contribution in [3.63, 3.8) is 0 Å². The third kappa shape index (κ3) is 4.84. The summed E-state index contributed by atoms with van der Waals surface area (Å²) in [5.41, 5.74) is 5.90. The first-order valence-corrected chi connectivity index (χ1v) is 6.17. The van der Waals surface area contributed by atoms with Gasteiger partial charge in [-0.1, -0.05) is 35.3 Å². The van der Waals surface area contributed by atoms with Gasteiger partial charge in [0.15, 0.2) is 0 Å². The fourth-order valence-corrected chi connectivity index (χ4v) is 1.50. The highest BCUT2D eigenvalue weighted by atomic mass is 35.5. The average Bonchev–Trinajstić information content (AvgIpc) is 2.39. The van der Waals surface area contributed by atoms with E-state index in [4.69, 9.17) is 34.1 Å². The minimum absolute atomic E-state index is 0.0508. The largest absolute Gasteiger partial charge is 0.409 e. The second-order valence-electron chi connectivity index (χ2n) is 3.89. The molecule has 1 rings (SSSR count). The number of nitrogens with zero attached hydrogens (tertiary/aromatic N) is 1. The molecule has 0 saturated heterocycles. The highest BCUT2D eigenvalue weighted by Gasteiger charge is 2.10. The number of rotatable bonds is 4. The lowest BCUT2D eigenvalue weighted by Crippen LogP contribution is -2.36. The lowest BCUT2D eigenvalue weighted by Gasteiger charge is -2.12. The van der Waals surface area contributed by atoms with Crippen molar-refractivity contribution in [3.05, 3.63) is 28.2 Å². The number of hydrogen-bond acceptors (Lipinski definition) is 3. The van der Waals surface area contributed by atoms with Crippen LogP contribution >= 0.6 is 23.2 Å². The molecule has 0 aromatic heterocycles. The highest BCUT2D eigenvalue weighted by Crippen LogP contribution is 2.24. The predicted molar refractivity (Wildman–Crippen MR) is 76.1 cm³/mol. The Balaban J connectivity index is 2.49.